The molecule has 1 aliphatic carbocycles. The van der Waals surface area contributed by atoms with Gasteiger partial charge in [0.15, 0.2) is 0 Å². The van der Waals surface area contributed by atoms with Crippen molar-refractivity contribution in [2.45, 2.75) is 32.1 Å². The van der Waals surface area contributed by atoms with Gasteiger partial charge in [-0.25, -0.2) is 9.37 Å². The van der Waals surface area contributed by atoms with Crippen molar-refractivity contribution in [3.63, 3.8) is 0 Å². The molecule has 24 heavy (non-hydrogen) atoms. The Kier molecular flexibility index (Phi) is 3.66. The van der Waals surface area contributed by atoms with Gasteiger partial charge in [0.25, 0.3) is 11.5 Å². The fourth-order valence-corrected chi connectivity index (χ4v) is 3.21. The first-order valence-electron chi connectivity index (χ1n) is 7.60. The number of carbonyl (C=O) groups is 1. The molecule has 2 aromatic rings. The molecule has 2 heterocycles. The SMILES string of the molecule is Cn1c2c(c(O)c(C(=O)Nc3ccc(F)cn3)c1=O)C(C)(C)CC2. The van der Waals surface area contributed by atoms with Crippen LogP contribution in [0.4, 0.5) is 10.2 Å². The molecule has 0 spiro atoms. The van der Waals surface area contributed by atoms with E-state index in [-0.39, 0.29) is 22.5 Å². The molecule has 0 aliphatic heterocycles. The number of hydrogen-bond acceptors (Lipinski definition) is 4. The Morgan fingerprint density at radius 3 is 2.75 bits per heavy atom. The normalized spacial score (nSPS) is 15.2. The van der Waals surface area contributed by atoms with Gasteiger partial charge < -0.3 is 15.0 Å². The Hall–Kier alpha value is -2.70. The molecular weight excluding hydrogens is 313 g/mol. The Bertz CT molecular complexity index is 885. The minimum atomic E-state index is -0.766. The van der Waals surface area contributed by atoms with E-state index in [1.165, 1.54) is 10.6 Å². The third kappa shape index (κ3) is 2.46. The molecule has 0 aromatic carbocycles. The number of nitrogens with zero attached hydrogens (tertiary/aromatic N) is 2. The first kappa shape index (κ1) is 16.2. The van der Waals surface area contributed by atoms with Gasteiger partial charge in [0.2, 0.25) is 0 Å². The van der Waals surface area contributed by atoms with Gasteiger partial charge in [-0.1, -0.05) is 13.8 Å². The lowest BCUT2D eigenvalue weighted by Gasteiger charge is -2.22. The fraction of sp³-hybridized carbons (Fsp3) is 0.353. The molecular formula is C17H18FN3O3. The van der Waals surface area contributed by atoms with Gasteiger partial charge in [-0.15, -0.1) is 0 Å². The van der Waals surface area contributed by atoms with Crippen molar-refractivity contribution in [2.24, 2.45) is 7.05 Å². The van der Waals surface area contributed by atoms with E-state index < -0.39 is 17.3 Å². The van der Waals surface area contributed by atoms with Gasteiger partial charge in [0.05, 0.1) is 6.20 Å². The Labute approximate surface area is 138 Å². The number of hydrogen-bond donors (Lipinski definition) is 2. The van der Waals surface area contributed by atoms with Crippen LogP contribution in [0.15, 0.2) is 23.1 Å². The quantitative estimate of drug-likeness (QED) is 0.883. The van der Waals surface area contributed by atoms with Crippen LogP contribution < -0.4 is 10.9 Å². The number of aromatic hydroxyl groups is 1. The summed E-state index contributed by atoms with van der Waals surface area (Å²) in [6.07, 6.45) is 2.41. The molecule has 0 fully saturated rings. The highest BCUT2D eigenvalue weighted by atomic mass is 19.1. The van der Waals surface area contributed by atoms with Gasteiger partial charge >= 0.3 is 0 Å². The molecule has 2 N–H and O–H groups in total. The van der Waals surface area contributed by atoms with Crippen LogP contribution in [0.2, 0.25) is 0 Å². The van der Waals surface area contributed by atoms with Crippen LogP contribution >= 0.6 is 0 Å². The summed E-state index contributed by atoms with van der Waals surface area (Å²) in [5.74, 6) is -1.48. The number of anilines is 1. The van der Waals surface area contributed by atoms with Crippen molar-refractivity contribution in [1.29, 1.82) is 0 Å². The van der Waals surface area contributed by atoms with Crippen molar-refractivity contribution in [3.05, 3.63) is 51.3 Å². The second-order valence-electron chi connectivity index (χ2n) is 6.61. The average Bonchev–Trinajstić information content (AvgIpc) is 2.83. The number of pyridine rings is 2. The zero-order valence-electron chi connectivity index (χ0n) is 13.7. The van der Waals surface area contributed by atoms with E-state index in [4.69, 9.17) is 0 Å². The van der Waals surface area contributed by atoms with Crippen LogP contribution in [0.5, 0.6) is 5.75 Å². The summed E-state index contributed by atoms with van der Waals surface area (Å²) in [5, 5.41) is 13.0. The average molecular weight is 331 g/mol. The van der Waals surface area contributed by atoms with Crippen LogP contribution in [0.25, 0.3) is 0 Å². The number of fused-ring (bicyclic) bond motifs is 1. The summed E-state index contributed by atoms with van der Waals surface area (Å²) in [4.78, 5) is 28.7. The Morgan fingerprint density at radius 2 is 2.12 bits per heavy atom. The van der Waals surface area contributed by atoms with Gasteiger partial charge in [-0.2, -0.15) is 0 Å². The molecule has 0 saturated carbocycles. The summed E-state index contributed by atoms with van der Waals surface area (Å²) >= 11 is 0. The molecule has 0 radical (unpaired) electrons. The van der Waals surface area contributed by atoms with Crippen molar-refractivity contribution in [1.82, 2.24) is 9.55 Å². The maximum absolute atomic E-state index is 12.9. The first-order chi connectivity index (χ1) is 11.2. The number of aromatic nitrogens is 2. The van der Waals surface area contributed by atoms with E-state index >= 15 is 0 Å². The van der Waals surface area contributed by atoms with E-state index in [2.05, 4.69) is 10.3 Å². The smallest absolute Gasteiger partial charge is 0.267 e. The second kappa shape index (κ2) is 5.43. The highest BCUT2D eigenvalue weighted by Crippen LogP contribution is 2.43. The molecule has 0 atom stereocenters. The molecule has 0 bridgehead atoms. The second-order valence-corrected chi connectivity index (χ2v) is 6.61. The number of halogens is 1. The summed E-state index contributed by atoms with van der Waals surface area (Å²) < 4.78 is 14.3. The Morgan fingerprint density at radius 1 is 1.42 bits per heavy atom. The number of rotatable bonds is 2. The zero-order valence-corrected chi connectivity index (χ0v) is 13.7. The van der Waals surface area contributed by atoms with E-state index in [9.17, 15) is 19.1 Å². The van der Waals surface area contributed by atoms with Gasteiger partial charge in [0.1, 0.15) is 22.9 Å². The lowest BCUT2D eigenvalue weighted by atomic mass is 9.85. The number of nitrogens with one attached hydrogen (secondary N) is 1. The summed E-state index contributed by atoms with van der Waals surface area (Å²) in [7, 11) is 1.59. The van der Waals surface area contributed by atoms with Gasteiger partial charge in [-0.3, -0.25) is 9.59 Å². The molecule has 2 aromatic heterocycles. The molecule has 7 heteroatoms. The highest BCUT2D eigenvalue weighted by Gasteiger charge is 2.37. The zero-order chi connectivity index (χ0) is 17.6. The third-order valence-electron chi connectivity index (χ3n) is 4.55. The predicted octanol–water partition coefficient (Wildman–Crippen LogP) is 2.10. The third-order valence-corrected chi connectivity index (χ3v) is 4.55. The van der Waals surface area contributed by atoms with Crippen molar-refractivity contribution < 1.29 is 14.3 Å². The highest BCUT2D eigenvalue weighted by molar-refractivity contribution is 6.05. The standard InChI is InChI=1S/C17H18FN3O3/c1-17(2)7-6-10-13(17)14(22)12(16(24)21(10)3)15(23)20-11-5-4-9(18)8-19-11/h4-5,8,22H,6-7H2,1-3H3,(H,19,20,23). The van der Waals surface area contributed by atoms with Crippen molar-refractivity contribution in [3.8, 4) is 5.75 Å². The first-order valence-corrected chi connectivity index (χ1v) is 7.60. The lowest BCUT2D eigenvalue weighted by molar-refractivity contribution is 0.102. The molecule has 6 nitrogen and oxygen atoms in total. The topological polar surface area (TPSA) is 84.2 Å². The van der Waals surface area contributed by atoms with Crippen molar-refractivity contribution in [2.75, 3.05) is 5.32 Å². The summed E-state index contributed by atoms with van der Waals surface area (Å²) in [6.45, 7) is 3.93. The molecule has 3 rings (SSSR count). The van der Waals surface area contributed by atoms with Gasteiger partial charge in [0, 0.05) is 18.3 Å². The van der Waals surface area contributed by atoms with Crippen LogP contribution in [-0.2, 0) is 18.9 Å². The molecule has 126 valence electrons. The largest absolute Gasteiger partial charge is 0.507 e. The Balaban J connectivity index is 2.08. The van der Waals surface area contributed by atoms with E-state index in [0.29, 0.717) is 12.0 Å². The molecule has 0 saturated heterocycles. The monoisotopic (exact) mass is 331 g/mol. The minimum Gasteiger partial charge on any atom is -0.507 e. The predicted molar refractivity (Wildman–Crippen MR) is 86.8 cm³/mol. The van der Waals surface area contributed by atoms with Crippen LogP contribution in [0, 0.1) is 5.82 Å². The fourth-order valence-electron chi connectivity index (χ4n) is 3.21. The van der Waals surface area contributed by atoms with Crippen LogP contribution in [0.3, 0.4) is 0 Å². The van der Waals surface area contributed by atoms with E-state index in [1.54, 1.807) is 7.05 Å². The van der Waals surface area contributed by atoms with Crippen LogP contribution in [-0.4, -0.2) is 20.6 Å². The maximum Gasteiger partial charge on any atom is 0.267 e. The number of carbonyl (C=O) groups excluding carboxylic acids is 1. The van der Waals surface area contributed by atoms with E-state index in [0.717, 1.165) is 24.4 Å². The van der Waals surface area contributed by atoms with Crippen LogP contribution in [0.1, 0.15) is 41.9 Å². The lowest BCUT2D eigenvalue weighted by Crippen LogP contribution is -2.31. The minimum absolute atomic E-state index is 0.0996. The van der Waals surface area contributed by atoms with E-state index in [1.807, 2.05) is 13.8 Å². The number of amides is 1. The maximum atomic E-state index is 12.9. The molecule has 1 aliphatic rings. The summed E-state index contributed by atoms with van der Waals surface area (Å²) in [5.41, 5.74) is 0.162. The molecule has 1 amide bonds. The van der Waals surface area contributed by atoms with Crippen molar-refractivity contribution >= 4 is 11.7 Å². The summed E-state index contributed by atoms with van der Waals surface area (Å²) in [6, 6.07) is 2.43. The molecule has 0 unspecified atom stereocenters. The van der Waals surface area contributed by atoms with Gasteiger partial charge in [-0.05, 0) is 30.4 Å².